The molecule has 0 bridgehead atoms. The standard InChI is InChI=1S/C6H6P.Hf.2H/c7-6-4-2-1-3-5-6;;;/h1-5,7H;;;/q-1;+1;2*-1. The Morgan fingerprint density at radius 2 is 1.88 bits per heavy atom. The summed E-state index contributed by atoms with van der Waals surface area (Å²) in [6.45, 7) is 0. The molecule has 1 aromatic carbocycles. The van der Waals surface area contributed by atoms with Crippen LogP contribution in [0, 0.1) is 0 Å². The van der Waals surface area contributed by atoms with Crippen LogP contribution in [0.15, 0.2) is 30.3 Å². The van der Waals surface area contributed by atoms with Gasteiger partial charge in [-0.2, -0.15) is 0 Å². The minimum absolute atomic E-state index is 0. The molecule has 0 aliphatic carbocycles. The van der Waals surface area contributed by atoms with Crippen LogP contribution in [-0.4, -0.2) is 0 Å². The zero-order valence-electron chi connectivity index (χ0n) is 6.39. The first kappa shape index (κ1) is 6.64. The van der Waals surface area contributed by atoms with Crippen molar-refractivity contribution in [1.29, 1.82) is 0 Å². The van der Waals surface area contributed by atoms with Crippen LogP contribution in [0.2, 0.25) is 0 Å². The fourth-order valence-electron chi connectivity index (χ4n) is 0.521. The summed E-state index contributed by atoms with van der Waals surface area (Å²) >= 11 is 1.30. The second-order valence-electron chi connectivity index (χ2n) is 1.49. The van der Waals surface area contributed by atoms with Gasteiger partial charge in [-0.15, -0.1) is 0 Å². The fraction of sp³-hybridized carbons (Fsp3) is 0. The Hall–Kier alpha value is 0.520. The van der Waals surface area contributed by atoms with Gasteiger partial charge in [0.25, 0.3) is 0 Å². The van der Waals surface area contributed by atoms with E-state index in [0.717, 1.165) is 5.93 Å². The molecule has 0 saturated carbocycles. The Kier molecular flexibility index (Phi) is 2.93. The predicted molar refractivity (Wildman–Crippen MR) is 36.6 cm³/mol. The number of hydrogen-bond donors (Lipinski definition) is 0. The Morgan fingerprint density at radius 3 is 2.25 bits per heavy atom. The molecule has 0 saturated heterocycles. The molecule has 0 nitrogen and oxygen atoms in total. The van der Waals surface area contributed by atoms with Gasteiger partial charge in [-0.1, -0.05) is 0 Å². The van der Waals surface area contributed by atoms with Crippen molar-refractivity contribution in [2.24, 2.45) is 0 Å². The maximum absolute atomic E-state index is 2.19. The Morgan fingerprint density at radius 1 is 1.25 bits per heavy atom. The molecule has 0 aliphatic rings. The van der Waals surface area contributed by atoms with Crippen molar-refractivity contribution in [3.8, 4) is 0 Å². The van der Waals surface area contributed by atoms with Crippen LogP contribution in [0.5, 0.6) is 0 Å². The van der Waals surface area contributed by atoms with Crippen molar-refractivity contribution < 1.29 is 26.7 Å². The maximum atomic E-state index is 2.19. The topological polar surface area (TPSA) is 0 Å². The molecular weight excluding hydrogens is 282 g/mol. The monoisotopic (exact) mass is 291 g/mol. The summed E-state index contributed by atoms with van der Waals surface area (Å²) in [6, 6.07) is 10.6. The summed E-state index contributed by atoms with van der Waals surface area (Å²) in [6.07, 6.45) is 0. The Labute approximate surface area is 68.3 Å². The molecule has 0 N–H and O–H groups in total. The molecule has 0 aromatic heterocycles. The van der Waals surface area contributed by atoms with Crippen molar-refractivity contribution in [3.63, 3.8) is 0 Å². The summed E-state index contributed by atoms with van der Waals surface area (Å²) in [5.74, 6) is 1.07. The summed E-state index contributed by atoms with van der Waals surface area (Å²) in [7, 11) is 0. The van der Waals surface area contributed by atoms with Gasteiger partial charge in [0.2, 0.25) is 0 Å². The van der Waals surface area contributed by atoms with Crippen LogP contribution >= 0.6 is 5.93 Å². The minimum atomic E-state index is 0. The fourth-order valence-corrected chi connectivity index (χ4v) is 2.68. The van der Waals surface area contributed by atoms with Crippen molar-refractivity contribution in [1.82, 2.24) is 0 Å². The zero-order chi connectivity index (χ0) is 5.82. The van der Waals surface area contributed by atoms with Gasteiger partial charge in [0, 0.05) is 0 Å². The average molecular weight is 290 g/mol. The van der Waals surface area contributed by atoms with Crippen LogP contribution in [0.1, 0.15) is 2.85 Å². The first-order chi connectivity index (χ1) is 3.93. The van der Waals surface area contributed by atoms with Gasteiger partial charge < -0.3 is 2.85 Å². The number of hydrogen-bond acceptors (Lipinski definition) is 0. The predicted octanol–water partition coefficient (Wildman–Crippen LogP) is 1.68. The van der Waals surface area contributed by atoms with Crippen LogP contribution in [0.3, 0.4) is 0 Å². The molecule has 0 aliphatic heterocycles. The van der Waals surface area contributed by atoms with Gasteiger partial charge in [0.15, 0.2) is 0 Å². The third-order valence-corrected chi connectivity index (χ3v) is 4.65. The van der Waals surface area contributed by atoms with E-state index in [4.69, 9.17) is 0 Å². The molecule has 43 valence electrons. The van der Waals surface area contributed by atoms with Crippen LogP contribution in [-0.2, 0) is 23.8 Å². The summed E-state index contributed by atoms with van der Waals surface area (Å²) in [4.78, 5) is 0. The molecule has 0 radical (unpaired) electrons. The van der Waals surface area contributed by atoms with Crippen LogP contribution in [0.25, 0.3) is 0 Å². The van der Waals surface area contributed by atoms with E-state index in [0.29, 0.717) is 0 Å². The van der Waals surface area contributed by atoms with E-state index >= 15 is 0 Å². The molecule has 1 atom stereocenters. The molecule has 1 aromatic rings. The quantitative estimate of drug-likeness (QED) is 0.545. The van der Waals surface area contributed by atoms with E-state index in [1.165, 1.54) is 29.1 Å². The number of benzene rings is 1. The van der Waals surface area contributed by atoms with E-state index in [1.54, 1.807) is 0 Å². The van der Waals surface area contributed by atoms with Gasteiger partial charge >= 0.3 is 65.4 Å². The number of rotatable bonds is 1. The van der Waals surface area contributed by atoms with Crippen molar-refractivity contribution in [2.75, 3.05) is 0 Å². The molecular formula is C6H8HfP-2. The molecule has 8 heavy (non-hydrogen) atoms. The third-order valence-electron chi connectivity index (χ3n) is 0.918. The molecule has 1 rings (SSSR count). The molecule has 0 amide bonds. The normalized spacial score (nSPS) is 10.4. The summed E-state index contributed by atoms with van der Waals surface area (Å²) in [5, 5.41) is 1.50. The molecule has 0 fully saturated rings. The van der Waals surface area contributed by atoms with E-state index in [-0.39, 0.29) is 2.85 Å². The first-order valence-electron chi connectivity index (χ1n) is 2.41. The van der Waals surface area contributed by atoms with Gasteiger partial charge in [-0.3, -0.25) is 0 Å². The Balaban J connectivity index is 0. The van der Waals surface area contributed by atoms with E-state index in [1.807, 2.05) is 0 Å². The molecule has 2 heteroatoms. The second-order valence-corrected chi connectivity index (χ2v) is 5.01. The van der Waals surface area contributed by atoms with E-state index in [2.05, 4.69) is 30.3 Å². The van der Waals surface area contributed by atoms with Gasteiger partial charge in [0.05, 0.1) is 0 Å². The zero-order valence-corrected chi connectivity index (χ0v) is 8.98. The van der Waals surface area contributed by atoms with Crippen molar-refractivity contribution in [2.45, 2.75) is 0 Å². The van der Waals surface area contributed by atoms with Crippen LogP contribution in [0.4, 0.5) is 0 Å². The summed E-state index contributed by atoms with van der Waals surface area (Å²) in [5.41, 5.74) is 0. The van der Waals surface area contributed by atoms with E-state index < -0.39 is 0 Å². The summed E-state index contributed by atoms with van der Waals surface area (Å²) < 4.78 is 0. The molecule has 1 unspecified atom stereocenters. The average Bonchev–Trinajstić information content (AvgIpc) is 1.90. The Bertz CT molecular complexity index is 157. The second kappa shape index (κ2) is 3.53. The van der Waals surface area contributed by atoms with E-state index in [9.17, 15) is 0 Å². The first-order valence-corrected chi connectivity index (χ1v) is 8.80. The molecule has 0 spiro atoms. The van der Waals surface area contributed by atoms with Crippen molar-refractivity contribution in [3.05, 3.63) is 30.3 Å². The SMILES string of the molecule is [H-].[H-].[Hf][PH]c1ccccc1. The van der Waals surface area contributed by atoms with Crippen molar-refractivity contribution >= 4 is 11.2 Å². The van der Waals surface area contributed by atoms with Crippen LogP contribution < -0.4 is 5.30 Å². The van der Waals surface area contributed by atoms with Gasteiger partial charge in [-0.25, -0.2) is 0 Å². The molecule has 0 heterocycles. The third kappa shape index (κ3) is 1.80. The van der Waals surface area contributed by atoms with Gasteiger partial charge in [-0.05, 0) is 0 Å². The van der Waals surface area contributed by atoms with Gasteiger partial charge in [0.1, 0.15) is 0 Å².